The predicted octanol–water partition coefficient (Wildman–Crippen LogP) is 4.76. The van der Waals surface area contributed by atoms with Gasteiger partial charge < -0.3 is 19.7 Å². The molecule has 0 radical (unpaired) electrons. The quantitative estimate of drug-likeness (QED) is 0.579. The first kappa shape index (κ1) is 21.4. The normalized spacial score (nSPS) is 63.3. The van der Waals surface area contributed by atoms with E-state index in [0.717, 1.165) is 19.4 Å². The summed E-state index contributed by atoms with van der Waals surface area (Å²) in [6.45, 7) is 10.5. The highest BCUT2D eigenvalue weighted by atomic mass is 16.7. The molecule has 6 aliphatic rings. The average molecular weight is 433 g/mol. The van der Waals surface area contributed by atoms with Crippen LogP contribution in [0.4, 0.5) is 0 Å². The van der Waals surface area contributed by atoms with Gasteiger partial charge in [0.2, 0.25) is 0 Å². The predicted molar refractivity (Wildman–Crippen MR) is 119 cm³/mol. The highest BCUT2D eigenvalue weighted by Crippen LogP contribution is 2.71. The Balaban J connectivity index is 1.27. The largest absolute Gasteiger partial charge is 0.393 e. The van der Waals surface area contributed by atoms with Crippen LogP contribution in [0, 0.1) is 52.3 Å². The van der Waals surface area contributed by atoms with E-state index < -0.39 is 0 Å². The van der Waals surface area contributed by atoms with Crippen molar-refractivity contribution < 1.29 is 19.7 Å². The Kier molecular flexibility index (Phi) is 4.78. The van der Waals surface area contributed by atoms with Crippen LogP contribution in [0.15, 0.2) is 0 Å². The van der Waals surface area contributed by atoms with Crippen molar-refractivity contribution in [3.05, 3.63) is 0 Å². The first-order chi connectivity index (χ1) is 14.7. The SMILES string of the molecule is C[C@H]1CC[C@@]2(OC1)O[C@H]1C[C@H]3[C@@H]4CC[C@H]5C[C@@H](O)C[C@@H](O)[C@]5(C)[C@H]4CC[C@]3(C)[C@H]1[C@@H]2C. The molecule has 6 fully saturated rings. The van der Waals surface area contributed by atoms with Crippen LogP contribution in [-0.2, 0) is 9.47 Å². The van der Waals surface area contributed by atoms with Crippen molar-refractivity contribution >= 4 is 0 Å². The fourth-order valence-electron chi connectivity index (χ4n) is 10.3. The number of aliphatic hydroxyl groups is 2. The zero-order valence-electron chi connectivity index (χ0n) is 20.1. The first-order valence-electron chi connectivity index (χ1n) is 13.4. The van der Waals surface area contributed by atoms with Gasteiger partial charge in [0.05, 0.1) is 24.9 Å². The topological polar surface area (TPSA) is 58.9 Å². The highest BCUT2D eigenvalue weighted by molar-refractivity contribution is 5.16. The van der Waals surface area contributed by atoms with Gasteiger partial charge in [0.1, 0.15) is 0 Å². The second-order valence-corrected chi connectivity index (χ2v) is 13.2. The molecule has 4 saturated carbocycles. The molecule has 176 valence electrons. The van der Waals surface area contributed by atoms with Gasteiger partial charge >= 0.3 is 0 Å². The van der Waals surface area contributed by atoms with Gasteiger partial charge in [-0.2, -0.15) is 0 Å². The molecule has 31 heavy (non-hydrogen) atoms. The molecule has 2 aliphatic heterocycles. The third kappa shape index (κ3) is 2.74. The lowest BCUT2D eigenvalue weighted by molar-refractivity contribution is -0.273. The van der Waals surface area contributed by atoms with Gasteiger partial charge in [-0.1, -0.05) is 27.7 Å². The Hall–Kier alpha value is -0.160. The summed E-state index contributed by atoms with van der Waals surface area (Å²) in [6, 6.07) is 0. The maximum absolute atomic E-state index is 11.2. The number of hydrogen-bond acceptors (Lipinski definition) is 4. The van der Waals surface area contributed by atoms with Gasteiger partial charge in [-0.25, -0.2) is 0 Å². The van der Waals surface area contributed by atoms with Crippen molar-refractivity contribution in [2.24, 2.45) is 52.3 Å². The lowest BCUT2D eigenvalue weighted by Crippen LogP contribution is -2.59. The van der Waals surface area contributed by atoms with E-state index in [1.165, 1.54) is 38.5 Å². The number of fused-ring (bicyclic) bond motifs is 7. The summed E-state index contributed by atoms with van der Waals surface area (Å²) in [5.41, 5.74) is 0.320. The molecule has 13 atom stereocenters. The molecule has 6 rings (SSSR count). The minimum Gasteiger partial charge on any atom is -0.393 e. The molecule has 0 aromatic carbocycles. The lowest BCUT2D eigenvalue weighted by atomic mass is 9.43. The van der Waals surface area contributed by atoms with E-state index in [-0.39, 0.29) is 23.4 Å². The third-order valence-corrected chi connectivity index (χ3v) is 12.0. The minimum absolute atomic E-state index is 0.0164. The summed E-state index contributed by atoms with van der Waals surface area (Å²) in [6.07, 6.45) is 9.56. The van der Waals surface area contributed by atoms with Crippen molar-refractivity contribution in [1.29, 1.82) is 0 Å². The molecule has 4 nitrogen and oxygen atoms in total. The molecule has 0 bridgehead atoms. The number of ether oxygens (including phenoxy) is 2. The first-order valence-corrected chi connectivity index (χ1v) is 13.4. The summed E-state index contributed by atoms with van der Waals surface area (Å²) < 4.78 is 13.3. The number of hydrogen-bond donors (Lipinski definition) is 2. The molecule has 0 aromatic rings. The summed E-state index contributed by atoms with van der Waals surface area (Å²) in [5, 5.41) is 21.5. The maximum Gasteiger partial charge on any atom is 0.171 e. The zero-order chi connectivity index (χ0) is 21.8. The Morgan fingerprint density at radius 2 is 1.68 bits per heavy atom. The van der Waals surface area contributed by atoms with Crippen LogP contribution in [0.3, 0.4) is 0 Å². The fraction of sp³-hybridized carbons (Fsp3) is 1.00. The lowest BCUT2D eigenvalue weighted by Gasteiger charge is -2.62. The van der Waals surface area contributed by atoms with Gasteiger partial charge in [0.15, 0.2) is 5.79 Å². The molecule has 0 amide bonds. The van der Waals surface area contributed by atoms with Gasteiger partial charge in [0, 0.05) is 12.3 Å². The van der Waals surface area contributed by atoms with Crippen molar-refractivity contribution in [1.82, 2.24) is 0 Å². The molecule has 2 heterocycles. The van der Waals surface area contributed by atoms with Crippen LogP contribution in [0.25, 0.3) is 0 Å². The van der Waals surface area contributed by atoms with E-state index in [9.17, 15) is 10.2 Å². The Morgan fingerprint density at radius 3 is 2.42 bits per heavy atom. The Bertz CT molecular complexity index is 716. The van der Waals surface area contributed by atoms with Crippen LogP contribution in [0.5, 0.6) is 0 Å². The molecule has 0 aromatic heterocycles. The van der Waals surface area contributed by atoms with Gasteiger partial charge in [0.25, 0.3) is 0 Å². The fourth-order valence-corrected chi connectivity index (χ4v) is 10.3. The summed E-state index contributed by atoms with van der Waals surface area (Å²) in [5.74, 6) is 3.89. The van der Waals surface area contributed by atoms with Crippen molar-refractivity contribution in [3.63, 3.8) is 0 Å². The Morgan fingerprint density at radius 1 is 0.871 bits per heavy atom. The molecule has 0 unspecified atom stereocenters. The molecule has 4 aliphatic carbocycles. The van der Waals surface area contributed by atoms with Gasteiger partial charge in [-0.15, -0.1) is 0 Å². The monoisotopic (exact) mass is 432 g/mol. The summed E-state index contributed by atoms with van der Waals surface area (Å²) >= 11 is 0. The standard InChI is InChI=1S/C27H44O4/c1-15-7-10-27(30-14-15)16(2)24-22(31-27)13-21-19-6-5-17-11-18(28)12-23(29)26(17,4)20(19)8-9-25(21,24)3/h15-24,28-29H,5-14H2,1-4H3/t15-,16-,17-,18+,19+,20-,21-,22-,23+,24-,25-,26-,27+/m0/s1. The van der Waals surface area contributed by atoms with Crippen LogP contribution < -0.4 is 0 Å². The van der Waals surface area contributed by atoms with Crippen LogP contribution >= 0.6 is 0 Å². The maximum atomic E-state index is 11.2. The van der Waals surface area contributed by atoms with Crippen LogP contribution in [-0.4, -0.2) is 40.9 Å². The smallest absolute Gasteiger partial charge is 0.171 e. The molecule has 4 heteroatoms. The average Bonchev–Trinajstić information content (AvgIpc) is 3.16. The summed E-state index contributed by atoms with van der Waals surface area (Å²) in [7, 11) is 0. The molecular weight excluding hydrogens is 388 g/mol. The second-order valence-electron chi connectivity index (χ2n) is 13.2. The second kappa shape index (κ2) is 6.93. The molecule has 2 N–H and O–H groups in total. The minimum atomic E-state index is -0.351. The van der Waals surface area contributed by atoms with Crippen molar-refractivity contribution in [3.8, 4) is 0 Å². The van der Waals surface area contributed by atoms with Crippen LogP contribution in [0.1, 0.15) is 85.5 Å². The van der Waals surface area contributed by atoms with Crippen molar-refractivity contribution in [2.75, 3.05) is 6.61 Å². The van der Waals surface area contributed by atoms with E-state index >= 15 is 0 Å². The van der Waals surface area contributed by atoms with E-state index in [1.807, 2.05) is 0 Å². The molecule has 1 spiro atoms. The van der Waals surface area contributed by atoms with Gasteiger partial charge in [-0.05, 0) is 97.7 Å². The van der Waals surface area contributed by atoms with E-state index in [1.54, 1.807) is 0 Å². The van der Waals surface area contributed by atoms with E-state index in [0.29, 0.717) is 59.4 Å². The number of aliphatic hydroxyl groups excluding tert-OH is 2. The van der Waals surface area contributed by atoms with Crippen molar-refractivity contribution in [2.45, 2.75) is 110 Å². The van der Waals surface area contributed by atoms with Crippen LogP contribution in [0.2, 0.25) is 0 Å². The molecular formula is C27H44O4. The van der Waals surface area contributed by atoms with E-state index in [4.69, 9.17) is 9.47 Å². The van der Waals surface area contributed by atoms with E-state index in [2.05, 4.69) is 27.7 Å². The zero-order valence-corrected chi connectivity index (χ0v) is 20.1. The van der Waals surface area contributed by atoms with Gasteiger partial charge in [-0.3, -0.25) is 0 Å². The Labute approximate surface area is 188 Å². The highest BCUT2D eigenvalue weighted by Gasteiger charge is 2.69. The third-order valence-electron chi connectivity index (χ3n) is 12.0. The number of rotatable bonds is 0. The summed E-state index contributed by atoms with van der Waals surface area (Å²) in [4.78, 5) is 0. The molecule has 2 saturated heterocycles.